The zero-order chi connectivity index (χ0) is 17.6. The lowest BCUT2D eigenvalue weighted by atomic mass is 10.2. The van der Waals surface area contributed by atoms with Crippen LogP contribution in [0.1, 0.15) is 23.7 Å². The predicted molar refractivity (Wildman–Crippen MR) is 105 cm³/mol. The van der Waals surface area contributed by atoms with Crippen molar-refractivity contribution in [3.8, 4) is 0 Å². The van der Waals surface area contributed by atoms with Crippen LogP contribution in [0.25, 0.3) is 0 Å². The number of carbonyl (C=O) groups excluding carboxylic acids is 1. The number of nitrogens with zero attached hydrogens (tertiary/aromatic N) is 1. The molecule has 0 radical (unpaired) electrons. The van der Waals surface area contributed by atoms with Gasteiger partial charge in [-0.25, -0.2) is 0 Å². The van der Waals surface area contributed by atoms with E-state index in [2.05, 4.69) is 29.3 Å². The Morgan fingerprint density at radius 1 is 1.24 bits per heavy atom. The van der Waals surface area contributed by atoms with Gasteiger partial charge in [0.05, 0.1) is 11.7 Å². The highest BCUT2D eigenvalue weighted by Crippen LogP contribution is 2.25. The highest BCUT2D eigenvalue weighted by atomic mass is 32.2. The van der Waals surface area contributed by atoms with E-state index >= 15 is 0 Å². The molecule has 4 nitrogen and oxygen atoms in total. The van der Waals surface area contributed by atoms with Gasteiger partial charge in [-0.15, -0.1) is 11.8 Å². The molecule has 0 aromatic heterocycles. The molecule has 0 saturated carbocycles. The molecule has 1 N–H and O–H groups in total. The molecule has 1 aliphatic heterocycles. The van der Waals surface area contributed by atoms with Gasteiger partial charge < -0.3 is 15.0 Å². The molecule has 1 unspecified atom stereocenters. The van der Waals surface area contributed by atoms with E-state index in [-0.39, 0.29) is 5.91 Å². The summed E-state index contributed by atoms with van der Waals surface area (Å²) >= 11 is 1.68. The Morgan fingerprint density at radius 3 is 2.68 bits per heavy atom. The number of thioether (sulfide) groups is 1. The van der Waals surface area contributed by atoms with Crippen molar-refractivity contribution in [3.05, 3.63) is 54.1 Å². The van der Waals surface area contributed by atoms with Gasteiger partial charge in [0.15, 0.2) is 0 Å². The van der Waals surface area contributed by atoms with E-state index in [9.17, 15) is 4.79 Å². The Balaban J connectivity index is 1.66. The van der Waals surface area contributed by atoms with Crippen LogP contribution in [-0.4, -0.2) is 38.0 Å². The molecule has 0 spiro atoms. The highest BCUT2D eigenvalue weighted by molar-refractivity contribution is 7.99. The normalized spacial score (nSPS) is 16.9. The van der Waals surface area contributed by atoms with Gasteiger partial charge in [-0.1, -0.05) is 19.1 Å². The molecule has 25 heavy (non-hydrogen) atoms. The number of methoxy groups -OCH3 is 1. The zero-order valence-electron chi connectivity index (χ0n) is 14.7. The Kier molecular flexibility index (Phi) is 6.00. The number of carbonyl (C=O) groups is 1. The fourth-order valence-electron chi connectivity index (χ4n) is 3.04. The summed E-state index contributed by atoms with van der Waals surface area (Å²) in [5.41, 5.74) is 2.70. The molecule has 132 valence electrons. The van der Waals surface area contributed by atoms with Crippen molar-refractivity contribution < 1.29 is 9.53 Å². The molecule has 3 rings (SSSR count). The number of nitrogens with one attached hydrogen (secondary N) is 1. The standard InChI is InChI=1S/C20H24N2O2S/c1-3-25-19-7-5-4-6-18(19)20(23)21-15-8-10-16(11-9-15)22-13-12-17(14-22)24-2/h4-11,17H,3,12-14H2,1-2H3,(H,21,23). The van der Waals surface area contributed by atoms with Crippen molar-refractivity contribution >= 4 is 29.0 Å². The molecular formula is C20H24N2O2S. The van der Waals surface area contributed by atoms with Crippen molar-refractivity contribution in [3.63, 3.8) is 0 Å². The summed E-state index contributed by atoms with van der Waals surface area (Å²) in [6.07, 6.45) is 1.37. The number of amides is 1. The summed E-state index contributed by atoms with van der Waals surface area (Å²) < 4.78 is 5.42. The van der Waals surface area contributed by atoms with Gasteiger partial charge in [-0.2, -0.15) is 0 Å². The molecule has 1 saturated heterocycles. The van der Waals surface area contributed by atoms with Crippen molar-refractivity contribution in [2.24, 2.45) is 0 Å². The van der Waals surface area contributed by atoms with Crippen LogP contribution in [0.15, 0.2) is 53.4 Å². The molecule has 1 amide bonds. The molecular weight excluding hydrogens is 332 g/mol. The van der Waals surface area contributed by atoms with Crippen molar-refractivity contribution in [1.29, 1.82) is 0 Å². The number of ether oxygens (including phenoxy) is 1. The lowest BCUT2D eigenvalue weighted by molar-refractivity contribution is 0.102. The quantitative estimate of drug-likeness (QED) is 0.785. The molecule has 0 aliphatic carbocycles. The van der Waals surface area contributed by atoms with Crippen LogP contribution < -0.4 is 10.2 Å². The SMILES string of the molecule is CCSc1ccccc1C(=O)Nc1ccc(N2CCC(OC)C2)cc1. The fraction of sp³-hybridized carbons (Fsp3) is 0.350. The lowest BCUT2D eigenvalue weighted by Gasteiger charge is -2.18. The molecule has 1 fully saturated rings. The Bertz CT molecular complexity index is 718. The highest BCUT2D eigenvalue weighted by Gasteiger charge is 2.22. The maximum absolute atomic E-state index is 12.6. The van der Waals surface area contributed by atoms with Gasteiger partial charge in [-0.05, 0) is 48.6 Å². The summed E-state index contributed by atoms with van der Waals surface area (Å²) in [7, 11) is 1.77. The van der Waals surface area contributed by atoms with Gasteiger partial charge in [0, 0.05) is 36.5 Å². The van der Waals surface area contributed by atoms with E-state index < -0.39 is 0 Å². The zero-order valence-corrected chi connectivity index (χ0v) is 15.5. The molecule has 0 bridgehead atoms. The van der Waals surface area contributed by atoms with Gasteiger partial charge >= 0.3 is 0 Å². The fourth-order valence-corrected chi connectivity index (χ4v) is 3.85. The molecule has 5 heteroatoms. The maximum atomic E-state index is 12.6. The van der Waals surface area contributed by atoms with Crippen molar-refractivity contribution in [2.45, 2.75) is 24.3 Å². The third-order valence-corrected chi connectivity index (χ3v) is 5.36. The first-order valence-electron chi connectivity index (χ1n) is 8.62. The van der Waals surface area contributed by atoms with Crippen LogP contribution >= 0.6 is 11.8 Å². The first kappa shape index (κ1) is 17.8. The Morgan fingerprint density at radius 2 is 2.00 bits per heavy atom. The first-order chi connectivity index (χ1) is 12.2. The smallest absolute Gasteiger partial charge is 0.256 e. The minimum atomic E-state index is -0.0649. The van der Waals surface area contributed by atoms with E-state index in [1.165, 1.54) is 5.69 Å². The minimum Gasteiger partial charge on any atom is -0.380 e. The van der Waals surface area contributed by atoms with Crippen LogP contribution in [-0.2, 0) is 4.74 Å². The number of benzene rings is 2. The monoisotopic (exact) mass is 356 g/mol. The molecule has 2 aromatic carbocycles. The third kappa shape index (κ3) is 4.35. The topological polar surface area (TPSA) is 41.6 Å². The molecule has 1 heterocycles. The Labute approximate surface area is 153 Å². The van der Waals surface area contributed by atoms with E-state index in [4.69, 9.17) is 4.74 Å². The summed E-state index contributed by atoms with van der Waals surface area (Å²) in [5.74, 6) is 0.877. The molecule has 1 aliphatic rings. The largest absolute Gasteiger partial charge is 0.380 e. The first-order valence-corrected chi connectivity index (χ1v) is 9.60. The van der Waals surface area contributed by atoms with Crippen LogP contribution in [0.5, 0.6) is 0 Å². The summed E-state index contributed by atoms with van der Waals surface area (Å²) in [6, 6.07) is 15.8. The predicted octanol–water partition coefficient (Wildman–Crippen LogP) is 4.28. The minimum absolute atomic E-state index is 0.0649. The number of hydrogen-bond donors (Lipinski definition) is 1. The van der Waals surface area contributed by atoms with Gasteiger partial charge in [0.25, 0.3) is 5.91 Å². The van der Waals surface area contributed by atoms with Gasteiger partial charge in [0.1, 0.15) is 0 Å². The van der Waals surface area contributed by atoms with Crippen LogP contribution in [0, 0.1) is 0 Å². The second kappa shape index (κ2) is 8.41. The summed E-state index contributed by atoms with van der Waals surface area (Å²) in [4.78, 5) is 15.9. The van der Waals surface area contributed by atoms with E-state index in [1.54, 1.807) is 18.9 Å². The number of hydrogen-bond acceptors (Lipinski definition) is 4. The van der Waals surface area contributed by atoms with Crippen LogP contribution in [0.3, 0.4) is 0 Å². The average molecular weight is 356 g/mol. The van der Waals surface area contributed by atoms with Crippen molar-refractivity contribution in [2.75, 3.05) is 36.2 Å². The van der Waals surface area contributed by atoms with Gasteiger partial charge in [0.2, 0.25) is 0 Å². The summed E-state index contributed by atoms with van der Waals surface area (Å²) in [6.45, 7) is 4.01. The molecule has 2 aromatic rings. The van der Waals surface area contributed by atoms with Gasteiger partial charge in [-0.3, -0.25) is 4.79 Å². The third-order valence-electron chi connectivity index (χ3n) is 4.40. The van der Waals surface area contributed by atoms with Crippen LogP contribution in [0.2, 0.25) is 0 Å². The summed E-state index contributed by atoms with van der Waals surface area (Å²) in [5, 5.41) is 3.00. The second-order valence-corrected chi connectivity index (χ2v) is 7.33. The lowest BCUT2D eigenvalue weighted by Crippen LogP contribution is -2.22. The van der Waals surface area contributed by atoms with Crippen molar-refractivity contribution in [1.82, 2.24) is 0 Å². The molecule has 1 atom stereocenters. The average Bonchev–Trinajstić information content (AvgIpc) is 3.12. The number of anilines is 2. The van der Waals surface area contributed by atoms with Crippen LogP contribution in [0.4, 0.5) is 11.4 Å². The van der Waals surface area contributed by atoms with E-state index in [0.717, 1.165) is 41.4 Å². The van der Waals surface area contributed by atoms with E-state index in [1.807, 2.05) is 36.4 Å². The van der Waals surface area contributed by atoms with E-state index in [0.29, 0.717) is 6.10 Å². The second-order valence-electron chi connectivity index (χ2n) is 6.02. The number of rotatable bonds is 6. The maximum Gasteiger partial charge on any atom is 0.256 e. The Hall–Kier alpha value is -1.98.